The second kappa shape index (κ2) is 8.12. The van der Waals surface area contributed by atoms with Crippen LogP contribution in [0, 0.1) is 0 Å². The van der Waals surface area contributed by atoms with Crippen LogP contribution < -0.4 is 15.4 Å². The molecule has 2 rings (SSSR count). The summed E-state index contributed by atoms with van der Waals surface area (Å²) in [5, 5.41) is 5.97. The molecule has 6 heteroatoms. The maximum Gasteiger partial charge on any atom is 0.271 e. The highest BCUT2D eigenvalue weighted by Gasteiger charge is 2.09. The molecule has 122 valence electrons. The summed E-state index contributed by atoms with van der Waals surface area (Å²) >= 11 is 0. The quantitative estimate of drug-likeness (QED) is 0.820. The van der Waals surface area contributed by atoms with Gasteiger partial charge in [-0.3, -0.25) is 4.79 Å². The number of rotatable bonds is 7. The van der Waals surface area contributed by atoms with Crippen LogP contribution in [0.2, 0.25) is 0 Å². The lowest BCUT2D eigenvalue weighted by Crippen LogP contribution is -2.30. The largest absolute Gasteiger partial charge is 0.496 e. The van der Waals surface area contributed by atoms with Crippen LogP contribution in [-0.2, 0) is 6.42 Å². The third-order valence-corrected chi connectivity index (χ3v) is 3.20. The lowest BCUT2D eigenvalue weighted by Gasteiger charge is -2.10. The summed E-state index contributed by atoms with van der Waals surface area (Å²) in [6.45, 7) is 4.50. The minimum atomic E-state index is -0.215. The normalized spacial score (nSPS) is 10.4. The standard InChI is InChI=1S/C17H22N4O2/c1-12(2)21-17(22)14-10-20-16(11-19-14)18-9-8-13-6-4-5-7-15(13)23-3/h4-7,10-12H,8-9H2,1-3H3,(H,18,20)(H,21,22). The second-order valence-electron chi connectivity index (χ2n) is 5.40. The summed E-state index contributed by atoms with van der Waals surface area (Å²) in [5.41, 5.74) is 1.44. The summed E-state index contributed by atoms with van der Waals surface area (Å²) in [6, 6.07) is 7.98. The van der Waals surface area contributed by atoms with Gasteiger partial charge in [-0.15, -0.1) is 0 Å². The molecule has 23 heavy (non-hydrogen) atoms. The third-order valence-electron chi connectivity index (χ3n) is 3.20. The van der Waals surface area contributed by atoms with Crippen molar-refractivity contribution >= 4 is 11.7 Å². The van der Waals surface area contributed by atoms with E-state index in [2.05, 4.69) is 20.6 Å². The Morgan fingerprint density at radius 1 is 1.22 bits per heavy atom. The summed E-state index contributed by atoms with van der Waals surface area (Å²) in [7, 11) is 1.67. The first kappa shape index (κ1) is 16.7. The Morgan fingerprint density at radius 3 is 2.65 bits per heavy atom. The highest BCUT2D eigenvalue weighted by atomic mass is 16.5. The van der Waals surface area contributed by atoms with Gasteiger partial charge in [0, 0.05) is 12.6 Å². The number of carbonyl (C=O) groups excluding carboxylic acids is 1. The number of ether oxygens (including phenoxy) is 1. The van der Waals surface area contributed by atoms with Crippen molar-refractivity contribution in [1.82, 2.24) is 15.3 Å². The first-order valence-electron chi connectivity index (χ1n) is 7.59. The highest BCUT2D eigenvalue weighted by molar-refractivity contribution is 5.92. The molecule has 0 radical (unpaired) electrons. The van der Waals surface area contributed by atoms with E-state index in [0.717, 1.165) is 17.7 Å². The zero-order chi connectivity index (χ0) is 16.7. The molecule has 0 saturated heterocycles. The average molecular weight is 314 g/mol. The molecule has 0 bridgehead atoms. The Labute approximate surface area is 136 Å². The van der Waals surface area contributed by atoms with Gasteiger partial charge in [-0.25, -0.2) is 9.97 Å². The molecule has 0 fully saturated rings. The second-order valence-corrected chi connectivity index (χ2v) is 5.40. The van der Waals surface area contributed by atoms with Crippen molar-refractivity contribution in [2.24, 2.45) is 0 Å². The van der Waals surface area contributed by atoms with E-state index >= 15 is 0 Å². The molecule has 0 spiro atoms. The minimum Gasteiger partial charge on any atom is -0.496 e. The lowest BCUT2D eigenvalue weighted by atomic mass is 10.1. The van der Waals surface area contributed by atoms with Gasteiger partial charge in [0.05, 0.1) is 19.5 Å². The molecule has 0 atom stereocenters. The molecule has 2 N–H and O–H groups in total. The van der Waals surface area contributed by atoms with Crippen LogP contribution in [0.1, 0.15) is 29.9 Å². The molecule has 1 heterocycles. The van der Waals surface area contributed by atoms with Gasteiger partial charge >= 0.3 is 0 Å². The fourth-order valence-corrected chi connectivity index (χ4v) is 2.11. The number of nitrogens with zero attached hydrogens (tertiary/aromatic N) is 2. The van der Waals surface area contributed by atoms with E-state index in [1.165, 1.54) is 6.20 Å². The molecule has 0 saturated carbocycles. The van der Waals surface area contributed by atoms with Gasteiger partial charge in [0.25, 0.3) is 5.91 Å². The van der Waals surface area contributed by atoms with E-state index in [4.69, 9.17) is 4.74 Å². The average Bonchev–Trinajstić information content (AvgIpc) is 2.55. The minimum absolute atomic E-state index is 0.0722. The first-order valence-corrected chi connectivity index (χ1v) is 7.59. The molecule has 6 nitrogen and oxygen atoms in total. The molecule has 1 amide bonds. The third kappa shape index (κ3) is 4.95. The molecular weight excluding hydrogens is 292 g/mol. The number of nitrogens with one attached hydrogen (secondary N) is 2. The number of amides is 1. The van der Waals surface area contributed by atoms with Crippen molar-refractivity contribution in [3.05, 3.63) is 47.9 Å². The van der Waals surface area contributed by atoms with E-state index in [-0.39, 0.29) is 11.9 Å². The van der Waals surface area contributed by atoms with Crippen LogP contribution in [0.5, 0.6) is 5.75 Å². The molecular formula is C17H22N4O2. The maximum absolute atomic E-state index is 11.8. The van der Waals surface area contributed by atoms with Crippen LogP contribution in [-0.4, -0.2) is 35.6 Å². The monoisotopic (exact) mass is 314 g/mol. The molecule has 0 aliphatic heterocycles. The number of hydrogen-bond donors (Lipinski definition) is 2. The molecule has 1 aromatic heterocycles. The zero-order valence-corrected chi connectivity index (χ0v) is 13.7. The number of methoxy groups -OCH3 is 1. The Hall–Kier alpha value is -2.63. The molecule has 0 aliphatic carbocycles. The number of anilines is 1. The van der Waals surface area contributed by atoms with Gasteiger partial charge in [0.1, 0.15) is 17.3 Å². The predicted octanol–water partition coefficient (Wildman–Crippen LogP) is 2.28. The summed E-state index contributed by atoms with van der Waals surface area (Å²) in [5.74, 6) is 1.30. The summed E-state index contributed by atoms with van der Waals surface area (Å²) < 4.78 is 5.32. The van der Waals surface area contributed by atoms with Gasteiger partial charge in [-0.1, -0.05) is 18.2 Å². The Balaban J connectivity index is 1.88. The Bertz CT molecular complexity index is 641. The SMILES string of the molecule is COc1ccccc1CCNc1cnc(C(=O)NC(C)C)cn1. The number of aromatic nitrogens is 2. The van der Waals surface area contributed by atoms with E-state index in [1.807, 2.05) is 38.1 Å². The van der Waals surface area contributed by atoms with Crippen molar-refractivity contribution in [3.63, 3.8) is 0 Å². The molecule has 2 aromatic rings. The first-order chi connectivity index (χ1) is 11.1. The molecule has 0 unspecified atom stereocenters. The van der Waals surface area contributed by atoms with Gasteiger partial charge in [-0.05, 0) is 31.9 Å². The van der Waals surface area contributed by atoms with Crippen molar-refractivity contribution < 1.29 is 9.53 Å². The fourth-order valence-electron chi connectivity index (χ4n) is 2.11. The number of benzene rings is 1. The fraction of sp³-hybridized carbons (Fsp3) is 0.353. The van der Waals surface area contributed by atoms with Crippen LogP contribution in [0.3, 0.4) is 0 Å². The van der Waals surface area contributed by atoms with E-state index < -0.39 is 0 Å². The number of hydrogen-bond acceptors (Lipinski definition) is 5. The zero-order valence-electron chi connectivity index (χ0n) is 13.7. The van der Waals surface area contributed by atoms with Gasteiger partial charge in [0.15, 0.2) is 0 Å². The topological polar surface area (TPSA) is 76.1 Å². The van der Waals surface area contributed by atoms with Gasteiger partial charge in [-0.2, -0.15) is 0 Å². The highest BCUT2D eigenvalue weighted by Crippen LogP contribution is 2.17. The van der Waals surface area contributed by atoms with Crippen molar-refractivity contribution in [2.75, 3.05) is 19.0 Å². The summed E-state index contributed by atoms with van der Waals surface area (Å²) in [4.78, 5) is 20.1. The predicted molar refractivity (Wildman–Crippen MR) is 89.8 cm³/mol. The number of carbonyl (C=O) groups is 1. The van der Waals surface area contributed by atoms with E-state index in [0.29, 0.717) is 18.1 Å². The maximum atomic E-state index is 11.8. The van der Waals surface area contributed by atoms with Gasteiger partial charge < -0.3 is 15.4 Å². The van der Waals surface area contributed by atoms with Gasteiger partial charge in [0.2, 0.25) is 0 Å². The lowest BCUT2D eigenvalue weighted by molar-refractivity contribution is 0.0937. The van der Waals surface area contributed by atoms with Crippen LogP contribution in [0.4, 0.5) is 5.82 Å². The van der Waals surface area contributed by atoms with Crippen LogP contribution in [0.15, 0.2) is 36.7 Å². The molecule has 0 aliphatic rings. The van der Waals surface area contributed by atoms with Crippen molar-refractivity contribution in [3.8, 4) is 5.75 Å². The van der Waals surface area contributed by atoms with Crippen molar-refractivity contribution in [1.29, 1.82) is 0 Å². The van der Waals surface area contributed by atoms with E-state index in [9.17, 15) is 4.79 Å². The summed E-state index contributed by atoms with van der Waals surface area (Å²) in [6.07, 6.45) is 3.85. The Kier molecular flexibility index (Phi) is 5.91. The van der Waals surface area contributed by atoms with Crippen LogP contribution >= 0.6 is 0 Å². The molecule has 1 aromatic carbocycles. The van der Waals surface area contributed by atoms with E-state index in [1.54, 1.807) is 13.3 Å². The smallest absolute Gasteiger partial charge is 0.271 e. The van der Waals surface area contributed by atoms with Crippen molar-refractivity contribution in [2.45, 2.75) is 26.3 Å². The number of para-hydroxylation sites is 1. The Morgan fingerprint density at radius 2 is 2.00 bits per heavy atom. The van der Waals surface area contributed by atoms with Crippen LogP contribution in [0.25, 0.3) is 0 Å².